The van der Waals surface area contributed by atoms with E-state index in [2.05, 4.69) is 16.9 Å². The van der Waals surface area contributed by atoms with Crippen molar-refractivity contribution in [1.29, 1.82) is 0 Å². The van der Waals surface area contributed by atoms with Crippen LogP contribution in [0.15, 0.2) is 78.9 Å². The fourth-order valence-electron chi connectivity index (χ4n) is 3.09. The van der Waals surface area contributed by atoms with E-state index in [0.717, 1.165) is 24.0 Å². The van der Waals surface area contributed by atoms with Crippen LogP contribution in [-0.4, -0.2) is 13.9 Å². The predicted octanol–water partition coefficient (Wildman–Crippen LogP) is 4.17. The Labute approximate surface area is 155 Å². The highest BCUT2D eigenvalue weighted by molar-refractivity contribution is 7.80. The van der Waals surface area contributed by atoms with Crippen LogP contribution in [-0.2, 0) is 24.1 Å². The molecule has 4 nitrogen and oxygen atoms in total. The van der Waals surface area contributed by atoms with E-state index in [4.69, 9.17) is 0 Å². The van der Waals surface area contributed by atoms with Gasteiger partial charge in [0.25, 0.3) is 0 Å². The van der Waals surface area contributed by atoms with Crippen LogP contribution in [0.25, 0.3) is 0 Å². The van der Waals surface area contributed by atoms with Crippen molar-refractivity contribution in [3.05, 3.63) is 95.6 Å². The molecule has 0 aliphatic carbocycles. The van der Waals surface area contributed by atoms with Gasteiger partial charge in [-0.1, -0.05) is 54.6 Å². The van der Waals surface area contributed by atoms with Crippen LogP contribution in [0, 0.1) is 0 Å². The zero-order chi connectivity index (χ0) is 18.4. The van der Waals surface area contributed by atoms with Crippen LogP contribution in [0.1, 0.15) is 22.6 Å². The van der Waals surface area contributed by atoms with Gasteiger partial charge in [0.2, 0.25) is 0 Å². The normalized spacial score (nSPS) is 13.1. The standard InChI is InChI=1S/C21H21NO3S/c23-21-11-9-16(10-12-21)13-19(18-6-2-1-3-7-18)14-17-5-4-8-20(15-17)22-26(24)25/h1-12,15,19,22-23H,13-14H2,(H,24,25)/p-1. The number of rotatable bonds is 7. The Balaban J connectivity index is 1.84. The number of phenols is 1. The van der Waals surface area contributed by atoms with Gasteiger partial charge in [-0.15, -0.1) is 0 Å². The van der Waals surface area contributed by atoms with Gasteiger partial charge in [-0.2, -0.15) is 0 Å². The molecule has 0 bridgehead atoms. The molecule has 0 radical (unpaired) electrons. The first-order valence-corrected chi connectivity index (χ1v) is 9.45. The summed E-state index contributed by atoms with van der Waals surface area (Å²) in [5.41, 5.74) is 4.00. The Bertz CT molecular complexity index is 866. The molecule has 2 unspecified atom stereocenters. The highest BCUT2D eigenvalue weighted by atomic mass is 32.2. The third-order valence-electron chi connectivity index (χ3n) is 4.30. The lowest BCUT2D eigenvalue weighted by molar-refractivity contribution is 0.475. The molecule has 2 atom stereocenters. The lowest BCUT2D eigenvalue weighted by atomic mass is 9.86. The Morgan fingerprint density at radius 1 is 0.885 bits per heavy atom. The third-order valence-corrected chi connectivity index (χ3v) is 4.70. The molecule has 0 spiro atoms. The minimum absolute atomic E-state index is 0.244. The van der Waals surface area contributed by atoms with Gasteiger partial charge in [0, 0.05) is 17.0 Å². The van der Waals surface area contributed by atoms with Crippen molar-refractivity contribution >= 4 is 17.0 Å². The zero-order valence-electron chi connectivity index (χ0n) is 14.2. The molecule has 134 valence electrons. The van der Waals surface area contributed by atoms with E-state index >= 15 is 0 Å². The summed E-state index contributed by atoms with van der Waals surface area (Å²) in [6, 6.07) is 25.0. The molecule has 3 rings (SSSR count). The van der Waals surface area contributed by atoms with Gasteiger partial charge < -0.3 is 14.4 Å². The maximum Gasteiger partial charge on any atom is 0.115 e. The van der Waals surface area contributed by atoms with Crippen molar-refractivity contribution < 1.29 is 13.9 Å². The van der Waals surface area contributed by atoms with Crippen molar-refractivity contribution in [2.45, 2.75) is 18.8 Å². The van der Waals surface area contributed by atoms with Crippen molar-refractivity contribution in [3.8, 4) is 5.75 Å². The highest BCUT2D eigenvalue weighted by Gasteiger charge is 2.14. The second kappa shape index (κ2) is 8.65. The summed E-state index contributed by atoms with van der Waals surface area (Å²) in [6.07, 6.45) is 1.61. The van der Waals surface area contributed by atoms with Crippen molar-refractivity contribution in [1.82, 2.24) is 0 Å². The van der Waals surface area contributed by atoms with Gasteiger partial charge in [-0.25, -0.2) is 0 Å². The van der Waals surface area contributed by atoms with E-state index in [1.165, 1.54) is 5.56 Å². The largest absolute Gasteiger partial charge is 0.755 e. The molecule has 3 aromatic rings. The number of nitrogens with one attached hydrogen (secondary N) is 1. The van der Waals surface area contributed by atoms with E-state index in [0.29, 0.717) is 5.69 Å². The van der Waals surface area contributed by atoms with Crippen molar-refractivity contribution in [3.63, 3.8) is 0 Å². The van der Waals surface area contributed by atoms with E-state index in [9.17, 15) is 13.9 Å². The fourth-order valence-corrected chi connectivity index (χ4v) is 3.41. The summed E-state index contributed by atoms with van der Waals surface area (Å²) in [4.78, 5) is 0. The van der Waals surface area contributed by atoms with E-state index in [1.54, 1.807) is 18.2 Å². The predicted molar refractivity (Wildman–Crippen MR) is 104 cm³/mol. The van der Waals surface area contributed by atoms with E-state index in [-0.39, 0.29) is 11.7 Å². The summed E-state index contributed by atoms with van der Waals surface area (Å²) < 4.78 is 24.1. The number of hydrogen-bond acceptors (Lipinski definition) is 3. The molecule has 0 saturated carbocycles. The van der Waals surface area contributed by atoms with Gasteiger partial charge >= 0.3 is 0 Å². The van der Waals surface area contributed by atoms with Gasteiger partial charge in [0.15, 0.2) is 0 Å². The van der Waals surface area contributed by atoms with Crippen LogP contribution < -0.4 is 4.72 Å². The van der Waals surface area contributed by atoms with Gasteiger partial charge in [-0.05, 0) is 59.7 Å². The molecule has 3 aromatic carbocycles. The zero-order valence-corrected chi connectivity index (χ0v) is 15.0. The first-order chi connectivity index (χ1) is 12.6. The van der Waals surface area contributed by atoms with Crippen LogP contribution in [0.3, 0.4) is 0 Å². The Morgan fingerprint density at radius 3 is 2.27 bits per heavy atom. The van der Waals surface area contributed by atoms with Crippen LogP contribution >= 0.6 is 0 Å². The highest BCUT2D eigenvalue weighted by Crippen LogP contribution is 2.27. The number of benzene rings is 3. The first kappa shape index (κ1) is 18.2. The first-order valence-electron chi connectivity index (χ1n) is 8.38. The molecule has 0 amide bonds. The maximum absolute atomic E-state index is 10.9. The fraction of sp³-hybridized carbons (Fsp3) is 0.143. The molecule has 0 heterocycles. The summed E-state index contributed by atoms with van der Waals surface area (Å²) >= 11 is -2.33. The molecule has 0 aromatic heterocycles. The molecule has 0 aliphatic rings. The molecule has 0 fully saturated rings. The monoisotopic (exact) mass is 366 g/mol. The second-order valence-electron chi connectivity index (χ2n) is 6.22. The number of anilines is 1. The molecule has 0 saturated heterocycles. The summed E-state index contributed by atoms with van der Waals surface area (Å²) in [7, 11) is 0. The molecular formula is C21H20NO3S-. The average molecular weight is 366 g/mol. The molecule has 0 aliphatic heterocycles. The smallest absolute Gasteiger partial charge is 0.115 e. The lowest BCUT2D eigenvalue weighted by Crippen LogP contribution is -2.08. The summed E-state index contributed by atoms with van der Waals surface area (Å²) in [5.74, 6) is 0.503. The number of aromatic hydroxyl groups is 1. The van der Waals surface area contributed by atoms with E-state index < -0.39 is 11.3 Å². The van der Waals surface area contributed by atoms with Crippen LogP contribution in [0.4, 0.5) is 5.69 Å². The van der Waals surface area contributed by atoms with Gasteiger partial charge in [0.1, 0.15) is 5.75 Å². The molecule has 5 heteroatoms. The van der Waals surface area contributed by atoms with Crippen LogP contribution in [0.2, 0.25) is 0 Å². The molecule has 26 heavy (non-hydrogen) atoms. The van der Waals surface area contributed by atoms with Crippen LogP contribution in [0.5, 0.6) is 5.75 Å². The number of hydrogen-bond donors (Lipinski definition) is 2. The van der Waals surface area contributed by atoms with Crippen molar-refractivity contribution in [2.75, 3.05) is 4.72 Å². The van der Waals surface area contributed by atoms with Gasteiger partial charge in [-0.3, -0.25) is 4.21 Å². The quantitative estimate of drug-likeness (QED) is 0.617. The minimum Gasteiger partial charge on any atom is -0.755 e. The number of phenolic OH excluding ortho intramolecular Hbond substituents is 1. The summed E-state index contributed by atoms with van der Waals surface area (Å²) in [5, 5.41) is 9.49. The summed E-state index contributed by atoms with van der Waals surface area (Å²) in [6.45, 7) is 0. The second-order valence-corrected chi connectivity index (χ2v) is 6.89. The Morgan fingerprint density at radius 2 is 1.58 bits per heavy atom. The van der Waals surface area contributed by atoms with Crippen molar-refractivity contribution in [2.24, 2.45) is 0 Å². The molecular weight excluding hydrogens is 346 g/mol. The lowest BCUT2D eigenvalue weighted by Gasteiger charge is -2.19. The minimum atomic E-state index is -2.33. The average Bonchev–Trinajstić information content (AvgIpc) is 2.63. The van der Waals surface area contributed by atoms with Gasteiger partial charge in [0.05, 0.1) is 0 Å². The van der Waals surface area contributed by atoms with E-state index in [1.807, 2.05) is 48.5 Å². The SMILES string of the molecule is O=S([O-])Nc1cccc(CC(Cc2ccc(O)cc2)c2ccccc2)c1. The molecule has 2 N–H and O–H groups in total. The maximum atomic E-state index is 10.9. The Hall–Kier alpha value is -2.63. The topological polar surface area (TPSA) is 72.4 Å². The third kappa shape index (κ3) is 5.18. The Kier molecular flexibility index (Phi) is 6.04.